The molecule has 1 unspecified atom stereocenters. The van der Waals surface area contributed by atoms with Crippen LogP contribution in [0, 0.1) is 0 Å². The number of furan rings is 1. The summed E-state index contributed by atoms with van der Waals surface area (Å²) >= 11 is 0. The second-order valence-corrected chi connectivity index (χ2v) is 8.56. The molecule has 0 bridgehead atoms. The molecule has 2 heterocycles. The van der Waals surface area contributed by atoms with E-state index >= 15 is 0 Å². The number of benzene rings is 2. The molecule has 1 atom stereocenters. The fourth-order valence-corrected chi connectivity index (χ4v) is 4.05. The Morgan fingerprint density at radius 2 is 1.97 bits per heavy atom. The quantitative estimate of drug-likeness (QED) is 0.132. The van der Waals surface area contributed by atoms with Crippen LogP contribution in [-0.4, -0.2) is 56.0 Å². The average molecular weight is 494 g/mol. The second kappa shape index (κ2) is 12.9. The number of nitrogens with one attached hydrogen (secondary N) is 3. The van der Waals surface area contributed by atoms with E-state index in [0.717, 1.165) is 23.9 Å². The first kappa shape index (κ1) is 25.4. The van der Waals surface area contributed by atoms with Gasteiger partial charge >= 0.3 is 0 Å². The molecule has 0 radical (unpaired) electrons. The Bertz CT molecular complexity index is 1150. The summed E-state index contributed by atoms with van der Waals surface area (Å²) in [5.74, 6) is 0.279. The Morgan fingerprint density at radius 3 is 2.72 bits per heavy atom. The molecule has 9 heteroatoms. The number of carbonyl (C=O) groups is 2. The maximum absolute atomic E-state index is 12.6. The molecule has 2 amide bonds. The van der Waals surface area contributed by atoms with E-state index in [1.54, 1.807) is 17.6 Å². The first-order valence-corrected chi connectivity index (χ1v) is 12.1. The van der Waals surface area contributed by atoms with Crippen molar-refractivity contribution in [2.24, 2.45) is 0 Å². The van der Waals surface area contributed by atoms with Crippen LogP contribution in [0.15, 0.2) is 65.1 Å². The van der Waals surface area contributed by atoms with Crippen molar-refractivity contribution >= 4 is 28.4 Å². The Morgan fingerprint density at radius 1 is 1.14 bits per heavy atom. The van der Waals surface area contributed by atoms with Crippen molar-refractivity contribution in [3.63, 3.8) is 0 Å². The molecule has 1 aliphatic heterocycles. The van der Waals surface area contributed by atoms with Crippen LogP contribution in [0.1, 0.15) is 35.4 Å². The fourth-order valence-electron chi connectivity index (χ4n) is 4.05. The Labute approximate surface area is 209 Å². The van der Waals surface area contributed by atoms with Crippen molar-refractivity contribution < 1.29 is 28.7 Å². The largest absolute Gasteiger partial charge is 0.492 e. The highest BCUT2D eigenvalue weighted by Gasteiger charge is 2.15. The summed E-state index contributed by atoms with van der Waals surface area (Å²) in [7, 11) is 0. The number of carbonyl (C=O) groups excluding carboxylic acids is 2. The van der Waals surface area contributed by atoms with Crippen molar-refractivity contribution in [2.75, 3.05) is 32.9 Å². The lowest BCUT2D eigenvalue weighted by Gasteiger charge is -2.11. The summed E-state index contributed by atoms with van der Waals surface area (Å²) in [6.45, 7) is 2.46. The highest BCUT2D eigenvalue weighted by atomic mass is 16.5. The summed E-state index contributed by atoms with van der Waals surface area (Å²) in [4.78, 5) is 24.0. The lowest BCUT2D eigenvalue weighted by Crippen LogP contribution is -2.27. The number of fused-ring (bicyclic) bond motifs is 1. The molecule has 4 rings (SSSR count). The number of para-hydroxylation sites is 1. The number of ether oxygens (including phenoxy) is 2. The summed E-state index contributed by atoms with van der Waals surface area (Å²) in [6, 6.07) is 16.4. The highest BCUT2D eigenvalue weighted by Crippen LogP contribution is 2.25. The van der Waals surface area contributed by atoms with Crippen LogP contribution >= 0.6 is 0 Å². The highest BCUT2D eigenvalue weighted by molar-refractivity contribution is 5.96. The van der Waals surface area contributed by atoms with Crippen LogP contribution in [0.5, 0.6) is 5.75 Å². The van der Waals surface area contributed by atoms with Crippen molar-refractivity contribution in [2.45, 2.75) is 25.3 Å². The number of hydrogen-bond acceptors (Lipinski definition) is 7. The zero-order valence-electron chi connectivity index (χ0n) is 20.0. The summed E-state index contributed by atoms with van der Waals surface area (Å²) in [6.07, 6.45) is 4.81. The Kier molecular flexibility index (Phi) is 9.09. The van der Waals surface area contributed by atoms with Crippen LogP contribution in [0.25, 0.3) is 16.5 Å². The van der Waals surface area contributed by atoms with E-state index in [1.165, 1.54) is 31.1 Å². The van der Waals surface area contributed by atoms with Gasteiger partial charge < -0.3 is 24.5 Å². The van der Waals surface area contributed by atoms with Crippen molar-refractivity contribution in [1.29, 1.82) is 0 Å². The molecule has 36 heavy (non-hydrogen) atoms. The third kappa shape index (κ3) is 7.17. The van der Waals surface area contributed by atoms with Gasteiger partial charge in [-0.05, 0) is 62.2 Å². The van der Waals surface area contributed by atoms with Crippen LogP contribution in [-0.2, 0) is 9.53 Å². The molecule has 1 fully saturated rings. The van der Waals surface area contributed by atoms with E-state index in [0.29, 0.717) is 35.3 Å². The zero-order valence-corrected chi connectivity index (χ0v) is 20.0. The van der Waals surface area contributed by atoms with E-state index in [2.05, 4.69) is 10.6 Å². The predicted molar refractivity (Wildman–Crippen MR) is 135 cm³/mol. The first-order chi connectivity index (χ1) is 17.6. The van der Waals surface area contributed by atoms with Gasteiger partial charge in [-0.2, -0.15) is 0 Å². The van der Waals surface area contributed by atoms with Gasteiger partial charge in [0.15, 0.2) is 0 Å². The molecule has 2 aromatic carbocycles. The molecule has 190 valence electrons. The van der Waals surface area contributed by atoms with Gasteiger partial charge in [0, 0.05) is 35.2 Å². The fraction of sp³-hybridized carbons (Fsp3) is 0.333. The number of rotatable bonds is 12. The van der Waals surface area contributed by atoms with Gasteiger partial charge in [-0.15, -0.1) is 0 Å². The number of amides is 2. The molecule has 0 spiro atoms. The molecule has 1 aromatic heterocycles. The molecule has 1 saturated heterocycles. The lowest BCUT2D eigenvalue weighted by atomic mass is 10.1. The van der Waals surface area contributed by atoms with Gasteiger partial charge in [-0.3, -0.25) is 14.8 Å². The second-order valence-electron chi connectivity index (χ2n) is 8.56. The maximum atomic E-state index is 12.6. The molecule has 1 aliphatic rings. The monoisotopic (exact) mass is 493 g/mol. The normalized spacial score (nSPS) is 15.7. The van der Waals surface area contributed by atoms with Gasteiger partial charge in [0.2, 0.25) is 5.91 Å². The van der Waals surface area contributed by atoms with Crippen LogP contribution in [0.4, 0.5) is 0 Å². The SMILES string of the molecule is O=C(C=C(COCCC1CCCN1)c1cc2ccccc2o1)NCCOc1ccc(C(=O)NO)cc1. The Hall–Kier alpha value is -3.66. The number of hydroxylamine groups is 1. The zero-order chi connectivity index (χ0) is 25.2. The van der Waals surface area contributed by atoms with Crippen molar-refractivity contribution in [3.05, 3.63) is 72.0 Å². The molecular formula is C27H31N3O6. The van der Waals surface area contributed by atoms with E-state index < -0.39 is 5.91 Å². The van der Waals surface area contributed by atoms with Crippen molar-refractivity contribution in [3.8, 4) is 5.75 Å². The van der Waals surface area contributed by atoms with Gasteiger partial charge in [-0.1, -0.05) is 18.2 Å². The topological polar surface area (TPSA) is 122 Å². The maximum Gasteiger partial charge on any atom is 0.274 e. The number of hydrogen-bond donors (Lipinski definition) is 4. The third-order valence-corrected chi connectivity index (χ3v) is 5.97. The van der Waals surface area contributed by atoms with Gasteiger partial charge in [0.05, 0.1) is 13.2 Å². The van der Waals surface area contributed by atoms with Crippen LogP contribution in [0.3, 0.4) is 0 Å². The minimum atomic E-state index is -0.597. The van der Waals surface area contributed by atoms with Crippen LogP contribution in [0.2, 0.25) is 0 Å². The van der Waals surface area contributed by atoms with E-state index in [-0.39, 0.29) is 25.7 Å². The lowest BCUT2D eigenvalue weighted by molar-refractivity contribution is -0.116. The molecule has 0 saturated carbocycles. The standard InChI is InChI=1S/C27H31N3O6/c31-26(29-13-15-35-23-9-7-19(8-10-23)27(32)30-33)17-21(18-34-14-11-22-5-3-12-28-22)25-16-20-4-1-2-6-24(20)36-25/h1-2,4,6-10,16-17,22,28,33H,3,5,11-15,18H2,(H,29,31)(H,30,32). The van der Waals surface area contributed by atoms with E-state index in [4.69, 9.17) is 19.1 Å². The predicted octanol–water partition coefficient (Wildman–Crippen LogP) is 3.29. The van der Waals surface area contributed by atoms with E-state index in [1.807, 2.05) is 30.3 Å². The van der Waals surface area contributed by atoms with Gasteiger partial charge in [-0.25, -0.2) is 5.48 Å². The average Bonchev–Trinajstić information content (AvgIpc) is 3.58. The van der Waals surface area contributed by atoms with Crippen LogP contribution < -0.4 is 20.9 Å². The molecular weight excluding hydrogens is 462 g/mol. The van der Waals surface area contributed by atoms with Gasteiger partial charge in [0.25, 0.3) is 5.91 Å². The minimum Gasteiger partial charge on any atom is -0.492 e. The van der Waals surface area contributed by atoms with Gasteiger partial charge in [0.1, 0.15) is 23.7 Å². The molecule has 0 aliphatic carbocycles. The van der Waals surface area contributed by atoms with Crippen molar-refractivity contribution in [1.82, 2.24) is 16.1 Å². The third-order valence-electron chi connectivity index (χ3n) is 5.97. The smallest absolute Gasteiger partial charge is 0.274 e. The molecule has 9 nitrogen and oxygen atoms in total. The van der Waals surface area contributed by atoms with E-state index in [9.17, 15) is 9.59 Å². The summed E-state index contributed by atoms with van der Waals surface area (Å²) < 4.78 is 17.5. The summed E-state index contributed by atoms with van der Waals surface area (Å²) in [5.41, 5.74) is 3.31. The Balaban J connectivity index is 1.31. The first-order valence-electron chi connectivity index (χ1n) is 12.1. The molecule has 3 aromatic rings. The minimum absolute atomic E-state index is 0.246. The molecule has 4 N–H and O–H groups in total. The summed E-state index contributed by atoms with van der Waals surface area (Å²) in [5, 5.41) is 15.9.